The van der Waals surface area contributed by atoms with Crippen LogP contribution in [0.4, 0.5) is 10.1 Å². The number of H-pyrrole nitrogens is 1. The fraction of sp³-hybridized carbons (Fsp3) is 0.312. The van der Waals surface area contributed by atoms with Crippen molar-refractivity contribution in [1.82, 2.24) is 10.3 Å². The highest BCUT2D eigenvalue weighted by Gasteiger charge is 2.35. The van der Waals surface area contributed by atoms with E-state index in [1.54, 1.807) is 6.07 Å². The van der Waals surface area contributed by atoms with Gasteiger partial charge in [0, 0.05) is 11.4 Å². The lowest BCUT2D eigenvalue weighted by Crippen LogP contribution is -2.35. The summed E-state index contributed by atoms with van der Waals surface area (Å²) in [6.45, 7) is 0. The third kappa shape index (κ3) is 2.61. The molecule has 2 aliphatic carbocycles. The molecule has 0 spiro atoms. The van der Waals surface area contributed by atoms with Crippen LogP contribution in [0.3, 0.4) is 0 Å². The fourth-order valence-corrected chi connectivity index (χ4v) is 3.66. The number of hydrogen-bond acceptors (Lipinski definition) is 3. The van der Waals surface area contributed by atoms with Gasteiger partial charge in [0.15, 0.2) is 5.69 Å². The molecule has 0 radical (unpaired) electrons. The predicted octanol–water partition coefficient (Wildman–Crippen LogP) is 3.94. The lowest BCUT2D eigenvalue weighted by Gasteiger charge is -2.19. The van der Waals surface area contributed by atoms with Gasteiger partial charge in [0.1, 0.15) is 5.82 Å². The Hall–Kier alpha value is -2.28. The van der Waals surface area contributed by atoms with E-state index in [1.807, 2.05) is 0 Å². The number of allylic oxidation sites excluding steroid dienone is 1. The van der Waals surface area contributed by atoms with Crippen LogP contribution in [0.25, 0.3) is 10.9 Å². The summed E-state index contributed by atoms with van der Waals surface area (Å²) in [4.78, 5) is 2.74. The van der Waals surface area contributed by atoms with E-state index in [0.29, 0.717) is 28.8 Å². The minimum atomic E-state index is -0.401. The molecule has 2 aromatic rings. The minimum absolute atomic E-state index is 0.153. The van der Waals surface area contributed by atoms with Gasteiger partial charge in [-0.15, -0.1) is 10.2 Å². The van der Waals surface area contributed by atoms with Crippen molar-refractivity contribution in [3.05, 3.63) is 36.2 Å². The van der Waals surface area contributed by atoms with Crippen molar-refractivity contribution in [2.75, 3.05) is 0 Å². The van der Waals surface area contributed by atoms with Gasteiger partial charge in [-0.1, -0.05) is 12.2 Å². The number of aromatic nitrogens is 1. The average molecular weight is 330 g/mol. The molecule has 3 unspecified atom stereocenters. The molecule has 3 N–H and O–H groups in total. The molecule has 118 valence electrons. The number of nitrogens with one attached hydrogen (secondary N) is 2. The molecule has 0 amide bonds. The topological polar surface area (TPSA) is 72.8 Å². The zero-order valence-corrected chi connectivity index (χ0v) is 13.0. The van der Waals surface area contributed by atoms with Gasteiger partial charge >= 0.3 is 0 Å². The van der Waals surface area contributed by atoms with Gasteiger partial charge in [-0.25, -0.2) is 4.39 Å². The molecule has 1 heterocycles. The summed E-state index contributed by atoms with van der Waals surface area (Å²) in [5, 5.41) is 21.8. The number of azo groups is 1. The molecule has 1 aromatic heterocycles. The fourth-order valence-electron chi connectivity index (χ4n) is 3.47. The molecule has 0 saturated heterocycles. The maximum atomic E-state index is 13.4. The average Bonchev–Trinajstić information content (AvgIpc) is 3.19. The summed E-state index contributed by atoms with van der Waals surface area (Å²) in [5.74, 6) is 0.587. The van der Waals surface area contributed by atoms with Crippen LogP contribution in [0.5, 0.6) is 5.88 Å². The van der Waals surface area contributed by atoms with Crippen LogP contribution in [-0.2, 0) is 0 Å². The summed E-state index contributed by atoms with van der Waals surface area (Å²) >= 11 is 5.21. The number of hydrogen-bond donors (Lipinski definition) is 3. The third-order valence-electron chi connectivity index (χ3n) is 4.54. The highest BCUT2D eigenvalue weighted by molar-refractivity contribution is 7.80. The number of rotatable bonds is 2. The Kier molecular flexibility index (Phi) is 3.37. The summed E-state index contributed by atoms with van der Waals surface area (Å²) in [6.07, 6.45) is 6.70. The van der Waals surface area contributed by atoms with E-state index in [1.165, 1.54) is 18.6 Å². The van der Waals surface area contributed by atoms with Crippen LogP contribution >= 0.6 is 12.2 Å². The molecule has 3 atom stereocenters. The van der Waals surface area contributed by atoms with Crippen molar-refractivity contribution in [1.29, 1.82) is 0 Å². The molecule has 5 nitrogen and oxygen atoms in total. The maximum absolute atomic E-state index is 13.4. The molecular weight excluding hydrogens is 315 g/mol. The third-order valence-corrected chi connectivity index (χ3v) is 4.74. The van der Waals surface area contributed by atoms with Gasteiger partial charge in [-0.2, -0.15) is 0 Å². The van der Waals surface area contributed by atoms with E-state index < -0.39 is 5.82 Å². The molecule has 2 aliphatic rings. The normalized spacial score (nSPS) is 25.7. The summed E-state index contributed by atoms with van der Waals surface area (Å²) < 4.78 is 13.4. The van der Waals surface area contributed by atoms with Gasteiger partial charge in [0.2, 0.25) is 11.0 Å². The maximum Gasteiger partial charge on any atom is 0.218 e. The quantitative estimate of drug-likeness (QED) is 0.444. The van der Waals surface area contributed by atoms with Crippen molar-refractivity contribution in [2.45, 2.75) is 18.9 Å². The standard InChI is InChI=1S/C16H15FN4OS/c17-10-3-4-12-11(7-10)14(15(22)18-12)20-21-16(23)19-13-6-8-1-2-9(13)5-8/h1-4,7-9,13,18,22H,5-6H2,(H,19,23). The van der Waals surface area contributed by atoms with Gasteiger partial charge in [-0.05, 0) is 55.1 Å². The summed E-state index contributed by atoms with van der Waals surface area (Å²) in [7, 11) is 0. The van der Waals surface area contributed by atoms with E-state index in [4.69, 9.17) is 12.2 Å². The van der Waals surface area contributed by atoms with Gasteiger partial charge in [0.25, 0.3) is 0 Å². The SMILES string of the molecule is Oc1[nH]c2ccc(F)cc2c1N=NC(=S)NC1CC2C=CC1C2. The summed E-state index contributed by atoms with van der Waals surface area (Å²) in [6, 6.07) is 4.46. The van der Waals surface area contributed by atoms with Crippen molar-refractivity contribution in [3.8, 4) is 5.88 Å². The van der Waals surface area contributed by atoms with Crippen LogP contribution in [0.1, 0.15) is 12.8 Å². The first-order valence-electron chi connectivity index (χ1n) is 7.51. The van der Waals surface area contributed by atoms with E-state index in [2.05, 4.69) is 32.7 Å². The Morgan fingerprint density at radius 1 is 1.35 bits per heavy atom. The first kappa shape index (κ1) is 14.3. The highest BCUT2D eigenvalue weighted by atomic mass is 32.1. The lowest BCUT2D eigenvalue weighted by atomic mass is 10.0. The first-order valence-corrected chi connectivity index (χ1v) is 7.92. The van der Waals surface area contributed by atoms with Crippen LogP contribution in [-0.4, -0.2) is 21.2 Å². The number of aromatic hydroxyl groups is 1. The second kappa shape index (κ2) is 5.42. The molecule has 23 heavy (non-hydrogen) atoms. The minimum Gasteiger partial charge on any atom is -0.493 e. The van der Waals surface area contributed by atoms with Crippen LogP contribution in [0.15, 0.2) is 40.6 Å². The number of halogens is 1. The van der Waals surface area contributed by atoms with Gasteiger partial charge < -0.3 is 15.4 Å². The molecule has 7 heteroatoms. The predicted molar refractivity (Wildman–Crippen MR) is 89.3 cm³/mol. The van der Waals surface area contributed by atoms with Crippen molar-refractivity contribution in [2.24, 2.45) is 22.1 Å². The Morgan fingerprint density at radius 2 is 2.22 bits per heavy atom. The van der Waals surface area contributed by atoms with E-state index in [0.717, 1.165) is 6.42 Å². The summed E-state index contributed by atoms with van der Waals surface area (Å²) in [5.41, 5.74) is 0.784. The molecule has 0 aliphatic heterocycles. The van der Waals surface area contributed by atoms with E-state index in [-0.39, 0.29) is 16.7 Å². The second-order valence-corrected chi connectivity index (χ2v) is 6.44. The molecular formula is C16H15FN4OS. The Balaban J connectivity index is 1.52. The molecule has 1 fully saturated rings. The molecule has 1 aromatic carbocycles. The molecule has 2 bridgehead atoms. The van der Waals surface area contributed by atoms with E-state index >= 15 is 0 Å². The number of fused-ring (bicyclic) bond motifs is 3. The Bertz CT molecular complexity index is 844. The highest BCUT2D eigenvalue weighted by Crippen LogP contribution is 2.39. The Labute approximate surface area is 137 Å². The second-order valence-electron chi connectivity index (χ2n) is 6.05. The van der Waals surface area contributed by atoms with Gasteiger partial charge in [0.05, 0.1) is 5.52 Å². The number of aromatic amines is 1. The monoisotopic (exact) mass is 330 g/mol. The molecule has 4 rings (SSSR count). The smallest absolute Gasteiger partial charge is 0.218 e. The van der Waals surface area contributed by atoms with Crippen molar-refractivity contribution >= 4 is 33.9 Å². The molecule has 1 saturated carbocycles. The number of benzene rings is 1. The lowest BCUT2D eigenvalue weighted by molar-refractivity contribution is 0.459. The first-order chi connectivity index (χ1) is 11.1. The Morgan fingerprint density at radius 3 is 2.96 bits per heavy atom. The van der Waals surface area contributed by atoms with Crippen molar-refractivity contribution in [3.63, 3.8) is 0 Å². The zero-order valence-electron chi connectivity index (χ0n) is 12.2. The van der Waals surface area contributed by atoms with Crippen LogP contribution in [0.2, 0.25) is 0 Å². The van der Waals surface area contributed by atoms with Crippen molar-refractivity contribution < 1.29 is 9.50 Å². The number of thiocarbonyl (C=S) groups is 1. The van der Waals surface area contributed by atoms with Crippen LogP contribution < -0.4 is 5.32 Å². The largest absolute Gasteiger partial charge is 0.493 e. The van der Waals surface area contributed by atoms with E-state index in [9.17, 15) is 9.50 Å². The van der Waals surface area contributed by atoms with Crippen LogP contribution in [0, 0.1) is 17.7 Å². The number of nitrogens with zero attached hydrogens (tertiary/aromatic N) is 2. The van der Waals surface area contributed by atoms with Gasteiger partial charge in [-0.3, -0.25) is 0 Å². The zero-order chi connectivity index (χ0) is 16.0.